The fourth-order valence-corrected chi connectivity index (χ4v) is 3.31. The van der Waals surface area contributed by atoms with Crippen LogP contribution in [0, 0.1) is 11.8 Å². The van der Waals surface area contributed by atoms with Gasteiger partial charge in [0.15, 0.2) is 0 Å². The molecule has 1 aromatic rings. The second-order valence-electron chi connectivity index (χ2n) is 7.16. The largest absolute Gasteiger partial charge is 0.474 e. The summed E-state index contributed by atoms with van der Waals surface area (Å²) >= 11 is 0. The lowest BCUT2D eigenvalue weighted by atomic mass is 9.93. The quantitative estimate of drug-likeness (QED) is 0.884. The molecule has 0 spiro atoms. The lowest BCUT2D eigenvalue weighted by Crippen LogP contribution is -2.40. The molecule has 0 radical (unpaired) electrons. The molecule has 6 nitrogen and oxygen atoms in total. The number of nitrogens with one attached hydrogen (secondary N) is 1. The Morgan fingerprint density at radius 2 is 2.26 bits per heavy atom. The van der Waals surface area contributed by atoms with Crippen molar-refractivity contribution in [2.75, 3.05) is 23.4 Å². The lowest BCUT2D eigenvalue weighted by molar-refractivity contribution is -0.121. The lowest BCUT2D eigenvalue weighted by Gasteiger charge is -2.30. The average Bonchev–Trinajstić information content (AvgIpc) is 2.67. The van der Waals surface area contributed by atoms with Gasteiger partial charge in [-0.1, -0.05) is 32.9 Å². The monoisotopic (exact) mass is 365 g/mol. The van der Waals surface area contributed by atoms with E-state index < -0.39 is 0 Å². The van der Waals surface area contributed by atoms with Crippen LogP contribution < -0.4 is 15.0 Å². The number of rotatable bonds is 3. The van der Waals surface area contributed by atoms with Gasteiger partial charge in [0.1, 0.15) is 24.3 Å². The summed E-state index contributed by atoms with van der Waals surface area (Å²) in [5.74, 6) is 1.64. The molecule has 3 aliphatic rings. The third kappa shape index (κ3) is 3.35. The second kappa shape index (κ2) is 6.95. The first-order valence-corrected chi connectivity index (χ1v) is 9.21. The van der Waals surface area contributed by atoms with Crippen LogP contribution in [0.5, 0.6) is 5.88 Å². The van der Waals surface area contributed by atoms with Gasteiger partial charge in [0.25, 0.3) is 0 Å². The maximum Gasteiger partial charge on any atom is 0.238 e. The summed E-state index contributed by atoms with van der Waals surface area (Å²) < 4.78 is 11.4. The van der Waals surface area contributed by atoms with Gasteiger partial charge in [0.05, 0.1) is 24.1 Å². The molecule has 0 fully saturated rings. The minimum absolute atomic E-state index is 0.0680. The Labute approximate surface area is 158 Å². The number of anilines is 2. The number of hydrogen-bond acceptors (Lipinski definition) is 5. The number of ether oxygens (including phenoxy) is 2. The predicted molar refractivity (Wildman–Crippen MR) is 104 cm³/mol. The topological polar surface area (TPSA) is 63.7 Å². The number of pyridine rings is 1. The third-order valence-corrected chi connectivity index (χ3v) is 4.77. The molecule has 1 aliphatic carbocycles. The minimum Gasteiger partial charge on any atom is -0.474 e. The number of fused-ring (bicyclic) bond motifs is 2. The molecule has 140 valence electrons. The molecule has 6 heteroatoms. The highest BCUT2D eigenvalue weighted by Crippen LogP contribution is 2.35. The van der Waals surface area contributed by atoms with Gasteiger partial charge in [-0.2, -0.15) is 0 Å². The number of carbonyl (C=O) groups excluding carboxylic acids is 1. The first-order chi connectivity index (χ1) is 13.0. The standard InChI is InChI=1S/C21H23N3O3/c1-13(2)21(25)24-7-8-26-20-18(24)10-15(11-22-20)23-16-9-17-14(3)5-4-6-19(17)27-12-16/h4-6,9-14,23H,7-8H2,1-3H3. The van der Waals surface area contributed by atoms with Crippen molar-refractivity contribution in [3.05, 3.63) is 59.9 Å². The van der Waals surface area contributed by atoms with Crippen LogP contribution in [0.15, 0.2) is 59.9 Å². The summed E-state index contributed by atoms with van der Waals surface area (Å²) in [6, 6.07) is 1.90. The van der Waals surface area contributed by atoms with Gasteiger partial charge in [0, 0.05) is 17.4 Å². The van der Waals surface area contributed by atoms with Crippen LogP contribution in [0.25, 0.3) is 0 Å². The normalized spacial score (nSPS) is 20.5. The van der Waals surface area contributed by atoms with Gasteiger partial charge in [-0.25, -0.2) is 4.98 Å². The van der Waals surface area contributed by atoms with Crippen LogP contribution >= 0.6 is 0 Å². The molecule has 0 saturated carbocycles. The van der Waals surface area contributed by atoms with Crippen LogP contribution in [0.2, 0.25) is 0 Å². The molecule has 0 bridgehead atoms. The molecule has 1 amide bonds. The Morgan fingerprint density at radius 3 is 3.07 bits per heavy atom. The van der Waals surface area contributed by atoms with Crippen molar-refractivity contribution in [1.82, 2.24) is 4.98 Å². The first kappa shape index (κ1) is 17.4. The molecule has 4 rings (SSSR count). The van der Waals surface area contributed by atoms with Crippen LogP contribution in [0.3, 0.4) is 0 Å². The molecule has 1 N–H and O–H groups in total. The van der Waals surface area contributed by atoms with Crippen molar-refractivity contribution in [3.8, 4) is 5.88 Å². The van der Waals surface area contributed by atoms with E-state index in [1.807, 2.05) is 32.1 Å². The highest BCUT2D eigenvalue weighted by Gasteiger charge is 2.27. The van der Waals surface area contributed by atoms with Crippen molar-refractivity contribution in [1.29, 1.82) is 0 Å². The Bertz CT molecular complexity index is 896. The summed E-state index contributed by atoms with van der Waals surface area (Å²) in [5, 5.41) is 3.33. The second-order valence-corrected chi connectivity index (χ2v) is 7.16. The van der Waals surface area contributed by atoms with Gasteiger partial charge in [-0.3, -0.25) is 4.79 Å². The van der Waals surface area contributed by atoms with Crippen LogP contribution in [0.1, 0.15) is 20.8 Å². The van der Waals surface area contributed by atoms with Gasteiger partial charge < -0.3 is 19.7 Å². The smallest absolute Gasteiger partial charge is 0.238 e. The van der Waals surface area contributed by atoms with Gasteiger partial charge >= 0.3 is 0 Å². The number of nitrogens with zero attached hydrogens (tertiary/aromatic N) is 2. The molecule has 1 unspecified atom stereocenters. The summed E-state index contributed by atoms with van der Waals surface area (Å²) in [6.45, 7) is 6.91. The highest BCUT2D eigenvalue weighted by molar-refractivity contribution is 5.96. The Morgan fingerprint density at radius 1 is 1.41 bits per heavy atom. The van der Waals surface area contributed by atoms with E-state index in [-0.39, 0.29) is 11.8 Å². The zero-order valence-electron chi connectivity index (χ0n) is 15.7. The zero-order valence-corrected chi connectivity index (χ0v) is 15.7. The summed E-state index contributed by atoms with van der Waals surface area (Å²) in [4.78, 5) is 18.7. The van der Waals surface area contributed by atoms with E-state index in [0.717, 1.165) is 22.7 Å². The van der Waals surface area contributed by atoms with E-state index >= 15 is 0 Å². The number of hydrogen-bond donors (Lipinski definition) is 1. The number of amides is 1. The van der Waals surface area contributed by atoms with Gasteiger partial charge in [-0.05, 0) is 18.2 Å². The summed E-state index contributed by atoms with van der Waals surface area (Å²) in [7, 11) is 0. The van der Waals surface area contributed by atoms with E-state index in [4.69, 9.17) is 9.47 Å². The van der Waals surface area contributed by atoms with E-state index in [0.29, 0.717) is 30.6 Å². The van der Waals surface area contributed by atoms with Crippen LogP contribution in [-0.4, -0.2) is 24.0 Å². The van der Waals surface area contributed by atoms with E-state index in [1.165, 1.54) is 0 Å². The highest BCUT2D eigenvalue weighted by atomic mass is 16.5. The molecule has 0 saturated heterocycles. The van der Waals surface area contributed by atoms with Crippen LogP contribution in [-0.2, 0) is 9.53 Å². The van der Waals surface area contributed by atoms with Crippen LogP contribution in [0.4, 0.5) is 11.4 Å². The zero-order chi connectivity index (χ0) is 19.0. The number of carbonyl (C=O) groups is 1. The molecular formula is C21H23N3O3. The Balaban J connectivity index is 1.59. The minimum atomic E-state index is -0.0854. The van der Waals surface area contributed by atoms with Crippen molar-refractivity contribution >= 4 is 17.3 Å². The van der Waals surface area contributed by atoms with Gasteiger partial charge in [-0.15, -0.1) is 0 Å². The van der Waals surface area contributed by atoms with Crippen molar-refractivity contribution in [2.24, 2.45) is 11.8 Å². The van der Waals surface area contributed by atoms with E-state index in [1.54, 1.807) is 17.4 Å². The van der Waals surface area contributed by atoms with Crippen molar-refractivity contribution < 1.29 is 14.3 Å². The molecule has 0 aromatic carbocycles. The van der Waals surface area contributed by atoms with E-state index in [9.17, 15) is 4.79 Å². The summed E-state index contributed by atoms with van der Waals surface area (Å²) in [6.07, 6.45) is 11.6. The maximum absolute atomic E-state index is 12.5. The van der Waals surface area contributed by atoms with Crippen molar-refractivity contribution in [2.45, 2.75) is 20.8 Å². The SMILES string of the molecule is CC(C)C(=O)N1CCOc2ncc(NC3=COC4=CC=CC(C)C4=C3)cc21. The number of allylic oxidation sites excluding steroid dienone is 5. The van der Waals surface area contributed by atoms with Gasteiger partial charge in [0.2, 0.25) is 11.8 Å². The Kier molecular flexibility index (Phi) is 4.48. The summed E-state index contributed by atoms with van der Waals surface area (Å²) in [5.41, 5.74) is 3.45. The Hall–Kier alpha value is -3.02. The van der Waals surface area contributed by atoms with Crippen molar-refractivity contribution in [3.63, 3.8) is 0 Å². The molecule has 1 aromatic heterocycles. The molecule has 2 aliphatic heterocycles. The fourth-order valence-electron chi connectivity index (χ4n) is 3.31. The molecule has 1 atom stereocenters. The average molecular weight is 365 g/mol. The molecular weight excluding hydrogens is 342 g/mol. The number of aromatic nitrogens is 1. The maximum atomic E-state index is 12.5. The first-order valence-electron chi connectivity index (χ1n) is 9.21. The molecule has 27 heavy (non-hydrogen) atoms. The predicted octanol–water partition coefficient (Wildman–Crippen LogP) is 3.76. The van der Waals surface area contributed by atoms with E-state index in [2.05, 4.69) is 29.4 Å². The molecule has 3 heterocycles. The third-order valence-electron chi connectivity index (χ3n) is 4.77. The fraction of sp³-hybridized carbons (Fsp3) is 0.333.